The lowest BCUT2D eigenvalue weighted by Gasteiger charge is -2.19. The molecular weight excluding hydrogens is 208 g/mol. The third-order valence-corrected chi connectivity index (χ3v) is 2.87. The van der Waals surface area contributed by atoms with Crippen LogP contribution in [-0.4, -0.2) is 4.98 Å². The molecule has 0 spiro atoms. The molecule has 1 rings (SSSR count). The van der Waals surface area contributed by atoms with Gasteiger partial charge < -0.3 is 0 Å². The quantitative estimate of drug-likeness (QED) is 0.754. The Kier molecular flexibility index (Phi) is 3.66. The summed E-state index contributed by atoms with van der Waals surface area (Å²) in [5.74, 6) is -2.54. The molecule has 0 unspecified atom stereocenters. The Morgan fingerprint density at radius 3 is 2.31 bits per heavy atom. The molecule has 1 heterocycles. The summed E-state index contributed by atoms with van der Waals surface area (Å²) in [5.41, 5.74) is 2.64. The van der Waals surface area contributed by atoms with Gasteiger partial charge in [0.25, 0.3) is 5.92 Å². The highest BCUT2D eigenvalue weighted by Crippen LogP contribution is 2.33. The van der Waals surface area contributed by atoms with Crippen molar-refractivity contribution in [1.29, 1.82) is 0 Å². The summed E-state index contributed by atoms with van der Waals surface area (Å²) < 4.78 is 26.6. The number of hydrogen-bond acceptors (Lipinski definition) is 1. The maximum absolute atomic E-state index is 13.3. The molecular formula is C13H19F2N. The van der Waals surface area contributed by atoms with E-state index in [1.165, 1.54) is 6.20 Å². The minimum atomic E-state index is -2.81. The van der Waals surface area contributed by atoms with Crippen molar-refractivity contribution >= 4 is 0 Å². The fourth-order valence-corrected chi connectivity index (χ4v) is 2.05. The monoisotopic (exact) mass is 227 g/mol. The van der Waals surface area contributed by atoms with Crippen LogP contribution < -0.4 is 0 Å². The molecule has 1 aromatic heterocycles. The van der Waals surface area contributed by atoms with Crippen LogP contribution >= 0.6 is 0 Å². The number of pyridine rings is 1. The normalized spacial score (nSPS) is 12.2. The minimum absolute atomic E-state index is 0.0498. The van der Waals surface area contributed by atoms with E-state index in [1.807, 2.05) is 20.8 Å². The molecule has 1 nitrogen and oxygen atoms in total. The van der Waals surface area contributed by atoms with E-state index in [4.69, 9.17) is 0 Å². The van der Waals surface area contributed by atoms with E-state index < -0.39 is 5.92 Å². The summed E-state index contributed by atoms with van der Waals surface area (Å²) in [4.78, 5) is 4.20. The lowest BCUT2D eigenvalue weighted by molar-refractivity contribution is 0.0163. The van der Waals surface area contributed by atoms with Gasteiger partial charge >= 0.3 is 0 Å². The Hall–Kier alpha value is -0.990. The Labute approximate surface area is 95.9 Å². The second kappa shape index (κ2) is 4.48. The summed E-state index contributed by atoms with van der Waals surface area (Å²) in [6.45, 7) is 8.73. The van der Waals surface area contributed by atoms with Crippen LogP contribution in [0.3, 0.4) is 0 Å². The van der Waals surface area contributed by atoms with Crippen LogP contribution in [0, 0.1) is 6.92 Å². The van der Waals surface area contributed by atoms with Crippen LogP contribution in [0.2, 0.25) is 0 Å². The van der Waals surface area contributed by atoms with Gasteiger partial charge in [0.1, 0.15) is 0 Å². The standard InChI is InChI=1S/C13H19F2N/c1-6-10-9(4)11(13(5,14)15)7-16-12(10)8(2)3/h7-8H,6H2,1-5H3. The van der Waals surface area contributed by atoms with Crippen molar-refractivity contribution in [1.82, 2.24) is 4.98 Å². The zero-order chi connectivity index (χ0) is 12.5. The maximum atomic E-state index is 13.3. The van der Waals surface area contributed by atoms with Crippen molar-refractivity contribution in [3.8, 4) is 0 Å². The average molecular weight is 227 g/mol. The van der Waals surface area contributed by atoms with E-state index in [0.29, 0.717) is 5.56 Å². The number of aromatic nitrogens is 1. The molecule has 0 bridgehead atoms. The third kappa shape index (κ3) is 2.39. The first-order valence-corrected chi connectivity index (χ1v) is 5.65. The van der Waals surface area contributed by atoms with Crippen LogP contribution in [0.1, 0.15) is 56.0 Å². The number of alkyl halides is 2. The van der Waals surface area contributed by atoms with Gasteiger partial charge in [0.05, 0.1) is 0 Å². The molecule has 0 N–H and O–H groups in total. The summed E-state index contributed by atoms with van der Waals surface area (Å²) in [5, 5.41) is 0. The first kappa shape index (κ1) is 13.1. The van der Waals surface area contributed by atoms with Gasteiger partial charge in [-0.3, -0.25) is 4.98 Å². The average Bonchev–Trinajstić information content (AvgIpc) is 2.14. The second-order valence-electron chi connectivity index (χ2n) is 4.56. The van der Waals surface area contributed by atoms with Crippen molar-refractivity contribution in [2.24, 2.45) is 0 Å². The predicted octanol–water partition coefficient (Wildman–Crippen LogP) is 4.19. The number of nitrogens with zero attached hydrogens (tertiary/aromatic N) is 1. The van der Waals surface area contributed by atoms with E-state index in [1.54, 1.807) is 6.92 Å². The molecule has 0 aliphatic rings. The summed E-state index contributed by atoms with van der Waals surface area (Å²) in [6.07, 6.45) is 2.07. The van der Waals surface area contributed by atoms with Gasteiger partial charge in [-0.1, -0.05) is 20.8 Å². The minimum Gasteiger partial charge on any atom is -0.260 e. The highest BCUT2D eigenvalue weighted by Gasteiger charge is 2.28. The zero-order valence-electron chi connectivity index (χ0n) is 10.6. The lowest BCUT2D eigenvalue weighted by atomic mass is 9.93. The number of hydrogen-bond donors (Lipinski definition) is 0. The second-order valence-corrected chi connectivity index (χ2v) is 4.56. The molecule has 0 saturated heterocycles. The fraction of sp³-hybridized carbons (Fsp3) is 0.615. The molecule has 0 aliphatic heterocycles. The highest BCUT2D eigenvalue weighted by atomic mass is 19.3. The molecule has 0 radical (unpaired) electrons. The van der Waals surface area contributed by atoms with E-state index in [-0.39, 0.29) is 11.5 Å². The SMILES string of the molecule is CCc1c(C(C)C)ncc(C(C)(F)F)c1C. The summed E-state index contributed by atoms with van der Waals surface area (Å²) >= 11 is 0. The third-order valence-electron chi connectivity index (χ3n) is 2.87. The molecule has 0 aromatic carbocycles. The molecule has 90 valence electrons. The van der Waals surface area contributed by atoms with Crippen molar-refractivity contribution in [2.75, 3.05) is 0 Å². The van der Waals surface area contributed by atoms with E-state index in [9.17, 15) is 8.78 Å². The van der Waals surface area contributed by atoms with Crippen molar-refractivity contribution in [2.45, 2.75) is 52.9 Å². The molecule has 0 aliphatic carbocycles. The number of halogens is 2. The van der Waals surface area contributed by atoms with Crippen LogP contribution in [0.4, 0.5) is 8.78 Å². The Balaban J connectivity index is 3.41. The van der Waals surface area contributed by atoms with E-state index in [0.717, 1.165) is 24.6 Å². The topological polar surface area (TPSA) is 12.9 Å². The first-order chi connectivity index (χ1) is 7.29. The van der Waals surface area contributed by atoms with Gasteiger partial charge in [-0.15, -0.1) is 0 Å². The zero-order valence-corrected chi connectivity index (χ0v) is 10.6. The van der Waals surface area contributed by atoms with Gasteiger partial charge in [-0.05, 0) is 30.4 Å². The smallest absolute Gasteiger partial charge is 0.260 e. The molecule has 1 aromatic rings. The van der Waals surface area contributed by atoms with E-state index in [2.05, 4.69) is 4.98 Å². The maximum Gasteiger partial charge on any atom is 0.272 e. The number of rotatable bonds is 3. The lowest BCUT2D eigenvalue weighted by Crippen LogP contribution is -2.14. The van der Waals surface area contributed by atoms with Crippen LogP contribution in [-0.2, 0) is 12.3 Å². The van der Waals surface area contributed by atoms with Crippen LogP contribution in [0.25, 0.3) is 0 Å². The molecule has 0 amide bonds. The first-order valence-electron chi connectivity index (χ1n) is 5.65. The predicted molar refractivity (Wildman–Crippen MR) is 62.0 cm³/mol. The van der Waals surface area contributed by atoms with Crippen LogP contribution in [0.5, 0.6) is 0 Å². The largest absolute Gasteiger partial charge is 0.272 e. The molecule has 16 heavy (non-hydrogen) atoms. The van der Waals surface area contributed by atoms with Gasteiger partial charge in [0.2, 0.25) is 0 Å². The van der Waals surface area contributed by atoms with E-state index >= 15 is 0 Å². The Morgan fingerprint density at radius 2 is 1.94 bits per heavy atom. The fourth-order valence-electron chi connectivity index (χ4n) is 2.05. The molecule has 0 atom stereocenters. The summed E-state index contributed by atoms with van der Waals surface area (Å²) in [6, 6.07) is 0. The summed E-state index contributed by atoms with van der Waals surface area (Å²) in [7, 11) is 0. The van der Waals surface area contributed by atoms with Crippen LogP contribution in [0.15, 0.2) is 6.20 Å². The highest BCUT2D eigenvalue weighted by molar-refractivity contribution is 5.38. The van der Waals surface area contributed by atoms with Crippen molar-refractivity contribution < 1.29 is 8.78 Å². The van der Waals surface area contributed by atoms with Gasteiger partial charge in [-0.2, -0.15) is 0 Å². The van der Waals surface area contributed by atoms with Gasteiger partial charge in [0.15, 0.2) is 0 Å². The molecule has 0 saturated carbocycles. The molecule has 0 fully saturated rings. The molecule has 3 heteroatoms. The Bertz CT molecular complexity index is 378. The Morgan fingerprint density at radius 1 is 1.38 bits per heavy atom. The van der Waals surface area contributed by atoms with Crippen molar-refractivity contribution in [3.63, 3.8) is 0 Å². The van der Waals surface area contributed by atoms with Crippen molar-refractivity contribution in [3.05, 3.63) is 28.6 Å². The van der Waals surface area contributed by atoms with Gasteiger partial charge in [0, 0.05) is 24.4 Å². The van der Waals surface area contributed by atoms with Gasteiger partial charge in [-0.25, -0.2) is 8.78 Å².